The molecule has 5 nitrogen and oxygen atoms in total. The first-order chi connectivity index (χ1) is 12.5. The fourth-order valence-electron chi connectivity index (χ4n) is 4.02. The fraction of sp³-hybridized carbons (Fsp3) is 0.667. The van der Waals surface area contributed by atoms with Crippen LogP contribution in [0.25, 0.3) is 0 Å². The van der Waals surface area contributed by atoms with Gasteiger partial charge in [0.05, 0.1) is 18.8 Å². The largest absolute Gasteiger partial charge is 0.496 e. The SMILES string of the molecule is COc1ccccc1CN1CCC2(CCC(CNC(=O)C(C)C)O2)CC1. The second-order valence-electron chi connectivity index (χ2n) is 7.95. The highest BCUT2D eigenvalue weighted by atomic mass is 16.5. The van der Waals surface area contributed by atoms with E-state index in [-0.39, 0.29) is 23.5 Å². The Morgan fingerprint density at radius 1 is 1.31 bits per heavy atom. The molecule has 2 fully saturated rings. The third kappa shape index (κ3) is 4.57. The average Bonchev–Trinajstić information content (AvgIpc) is 3.05. The molecule has 1 aromatic rings. The molecule has 2 aliphatic heterocycles. The lowest BCUT2D eigenvalue weighted by Crippen LogP contribution is -2.45. The predicted molar refractivity (Wildman–Crippen MR) is 102 cm³/mol. The number of hydrogen-bond acceptors (Lipinski definition) is 4. The molecule has 1 atom stereocenters. The maximum Gasteiger partial charge on any atom is 0.222 e. The smallest absolute Gasteiger partial charge is 0.222 e. The molecular weight excluding hydrogens is 328 g/mol. The van der Waals surface area contributed by atoms with Crippen LogP contribution in [0, 0.1) is 5.92 Å². The van der Waals surface area contributed by atoms with E-state index in [4.69, 9.17) is 9.47 Å². The lowest BCUT2D eigenvalue weighted by atomic mass is 9.88. The minimum atomic E-state index is 0.0184. The number of nitrogens with one attached hydrogen (secondary N) is 1. The Balaban J connectivity index is 1.47. The summed E-state index contributed by atoms with van der Waals surface area (Å²) in [5.74, 6) is 1.11. The Bertz CT molecular complexity index is 609. The van der Waals surface area contributed by atoms with Gasteiger partial charge in [0.15, 0.2) is 0 Å². The van der Waals surface area contributed by atoms with E-state index < -0.39 is 0 Å². The number of benzene rings is 1. The van der Waals surface area contributed by atoms with Crippen LogP contribution in [0.2, 0.25) is 0 Å². The number of carbonyl (C=O) groups is 1. The number of ether oxygens (including phenoxy) is 2. The summed E-state index contributed by atoms with van der Waals surface area (Å²) < 4.78 is 11.9. The monoisotopic (exact) mass is 360 g/mol. The molecule has 2 heterocycles. The third-order valence-corrected chi connectivity index (χ3v) is 5.72. The second kappa shape index (κ2) is 8.40. The summed E-state index contributed by atoms with van der Waals surface area (Å²) in [7, 11) is 1.73. The van der Waals surface area contributed by atoms with Crippen molar-refractivity contribution in [3.63, 3.8) is 0 Å². The van der Waals surface area contributed by atoms with Gasteiger partial charge < -0.3 is 14.8 Å². The van der Waals surface area contributed by atoms with E-state index in [1.165, 1.54) is 5.56 Å². The molecule has 0 radical (unpaired) electrons. The zero-order chi connectivity index (χ0) is 18.6. The van der Waals surface area contributed by atoms with Gasteiger partial charge in [0, 0.05) is 37.7 Å². The van der Waals surface area contributed by atoms with Crippen molar-refractivity contribution in [1.29, 1.82) is 0 Å². The Labute approximate surface area is 157 Å². The molecule has 1 unspecified atom stereocenters. The van der Waals surface area contributed by atoms with Crippen molar-refractivity contribution in [3.05, 3.63) is 29.8 Å². The first-order valence-electron chi connectivity index (χ1n) is 9.81. The van der Waals surface area contributed by atoms with Crippen LogP contribution in [0.1, 0.15) is 45.1 Å². The molecule has 144 valence electrons. The summed E-state index contributed by atoms with van der Waals surface area (Å²) >= 11 is 0. The van der Waals surface area contributed by atoms with E-state index in [0.717, 1.165) is 51.1 Å². The van der Waals surface area contributed by atoms with Gasteiger partial charge in [0.1, 0.15) is 5.75 Å². The molecule has 2 aliphatic rings. The van der Waals surface area contributed by atoms with E-state index in [9.17, 15) is 4.79 Å². The number of carbonyl (C=O) groups excluding carboxylic acids is 1. The van der Waals surface area contributed by atoms with Gasteiger partial charge in [0.2, 0.25) is 5.91 Å². The molecule has 0 bridgehead atoms. The number of para-hydroxylation sites is 1. The summed E-state index contributed by atoms with van der Waals surface area (Å²) in [4.78, 5) is 14.2. The van der Waals surface area contributed by atoms with Gasteiger partial charge in [-0.15, -0.1) is 0 Å². The highest BCUT2D eigenvalue weighted by Crippen LogP contribution is 2.39. The molecule has 2 saturated heterocycles. The quantitative estimate of drug-likeness (QED) is 0.847. The molecule has 1 N–H and O–H groups in total. The lowest BCUT2D eigenvalue weighted by molar-refractivity contribution is -0.125. The lowest BCUT2D eigenvalue weighted by Gasteiger charge is -2.39. The Morgan fingerprint density at radius 2 is 2.04 bits per heavy atom. The van der Waals surface area contributed by atoms with Crippen molar-refractivity contribution in [2.24, 2.45) is 5.92 Å². The third-order valence-electron chi connectivity index (χ3n) is 5.72. The van der Waals surface area contributed by atoms with Crippen LogP contribution >= 0.6 is 0 Å². The molecule has 26 heavy (non-hydrogen) atoms. The summed E-state index contributed by atoms with van der Waals surface area (Å²) in [6.45, 7) is 7.50. The average molecular weight is 360 g/mol. The van der Waals surface area contributed by atoms with Crippen LogP contribution in [0.3, 0.4) is 0 Å². The molecule has 1 amide bonds. The summed E-state index contributed by atoms with van der Waals surface area (Å²) in [6.07, 6.45) is 4.45. The van der Waals surface area contributed by atoms with Crippen LogP contribution in [-0.2, 0) is 16.1 Å². The van der Waals surface area contributed by atoms with Gasteiger partial charge in [-0.25, -0.2) is 0 Å². The zero-order valence-electron chi connectivity index (χ0n) is 16.3. The molecule has 0 aromatic heterocycles. The molecular formula is C21H32N2O3. The van der Waals surface area contributed by atoms with Crippen LogP contribution < -0.4 is 10.1 Å². The number of piperidine rings is 1. The van der Waals surface area contributed by atoms with Crippen LogP contribution in [0.15, 0.2) is 24.3 Å². The number of hydrogen-bond donors (Lipinski definition) is 1. The van der Waals surface area contributed by atoms with Crippen molar-refractivity contribution in [2.45, 2.75) is 57.8 Å². The van der Waals surface area contributed by atoms with Gasteiger partial charge in [-0.2, -0.15) is 0 Å². The highest BCUT2D eigenvalue weighted by Gasteiger charge is 2.42. The number of rotatable bonds is 6. The first-order valence-corrected chi connectivity index (χ1v) is 9.81. The van der Waals surface area contributed by atoms with Crippen molar-refractivity contribution in [1.82, 2.24) is 10.2 Å². The van der Waals surface area contributed by atoms with Gasteiger partial charge >= 0.3 is 0 Å². The minimum absolute atomic E-state index is 0.0184. The standard InChI is InChI=1S/C21H32N2O3/c1-16(2)20(24)22-14-18-8-9-21(26-18)10-12-23(13-11-21)15-17-6-4-5-7-19(17)25-3/h4-7,16,18H,8-15H2,1-3H3,(H,22,24). The van der Waals surface area contributed by atoms with Gasteiger partial charge in [-0.05, 0) is 31.7 Å². The van der Waals surface area contributed by atoms with E-state index in [0.29, 0.717) is 6.54 Å². The summed E-state index contributed by atoms with van der Waals surface area (Å²) in [6, 6.07) is 8.25. The summed E-state index contributed by atoms with van der Waals surface area (Å²) in [5.41, 5.74) is 1.26. The van der Waals surface area contributed by atoms with E-state index >= 15 is 0 Å². The number of methoxy groups -OCH3 is 1. The van der Waals surface area contributed by atoms with Gasteiger partial charge in [0.25, 0.3) is 0 Å². The second-order valence-corrected chi connectivity index (χ2v) is 7.95. The normalized spacial score (nSPS) is 22.7. The van der Waals surface area contributed by atoms with E-state index in [2.05, 4.69) is 22.3 Å². The van der Waals surface area contributed by atoms with Crippen molar-refractivity contribution in [3.8, 4) is 5.75 Å². The topological polar surface area (TPSA) is 50.8 Å². The van der Waals surface area contributed by atoms with Crippen molar-refractivity contribution in [2.75, 3.05) is 26.7 Å². The Kier molecular flexibility index (Phi) is 6.20. The molecule has 1 spiro atoms. The Hall–Kier alpha value is -1.59. The number of likely N-dealkylation sites (tertiary alicyclic amines) is 1. The Morgan fingerprint density at radius 3 is 2.73 bits per heavy atom. The molecule has 5 heteroatoms. The number of nitrogens with zero attached hydrogens (tertiary/aromatic N) is 1. The molecule has 1 aromatic carbocycles. The van der Waals surface area contributed by atoms with Crippen molar-refractivity contribution >= 4 is 5.91 Å². The van der Waals surface area contributed by atoms with E-state index in [1.54, 1.807) is 7.11 Å². The van der Waals surface area contributed by atoms with Crippen LogP contribution in [0.5, 0.6) is 5.75 Å². The maximum atomic E-state index is 11.8. The van der Waals surface area contributed by atoms with E-state index in [1.807, 2.05) is 26.0 Å². The molecule has 0 aliphatic carbocycles. The summed E-state index contributed by atoms with van der Waals surface area (Å²) in [5, 5.41) is 3.01. The first kappa shape index (κ1) is 19.2. The predicted octanol–water partition coefficient (Wildman–Crippen LogP) is 2.98. The van der Waals surface area contributed by atoms with Crippen LogP contribution in [0.4, 0.5) is 0 Å². The fourth-order valence-corrected chi connectivity index (χ4v) is 4.02. The zero-order valence-corrected chi connectivity index (χ0v) is 16.3. The maximum absolute atomic E-state index is 11.8. The number of amides is 1. The highest BCUT2D eigenvalue weighted by molar-refractivity contribution is 5.77. The van der Waals surface area contributed by atoms with Gasteiger partial charge in [-0.1, -0.05) is 32.0 Å². The van der Waals surface area contributed by atoms with Crippen molar-refractivity contribution < 1.29 is 14.3 Å². The molecule has 3 rings (SSSR count). The minimum Gasteiger partial charge on any atom is -0.496 e. The van der Waals surface area contributed by atoms with Gasteiger partial charge in [-0.3, -0.25) is 9.69 Å². The molecule has 0 saturated carbocycles. The van der Waals surface area contributed by atoms with Crippen LogP contribution in [-0.4, -0.2) is 49.3 Å².